The summed E-state index contributed by atoms with van der Waals surface area (Å²) in [5.74, 6) is -0.351. The third kappa shape index (κ3) is 3.43. The van der Waals surface area contributed by atoms with E-state index in [4.69, 9.17) is 0 Å². The fourth-order valence-electron chi connectivity index (χ4n) is 4.74. The van der Waals surface area contributed by atoms with Crippen molar-refractivity contribution < 1.29 is 13.6 Å². The molecular weight excluding hydrogens is 402 g/mol. The highest BCUT2D eigenvalue weighted by Crippen LogP contribution is 2.35. The van der Waals surface area contributed by atoms with Gasteiger partial charge in [0.05, 0.1) is 17.3 Å². The van der Waals surface area contributed by atoms with Crippen molar-refractivity contribution >= 4 is 11.9 Å². The number of hydrogen-bond donors (Lipinski definition) is 1. The van der Waals surface area contributed by atoms with Crippen LogP contribution < -0.4 is 4.90 Å². The molecule has 7 nitrogen and oxygen atoms in total. The lowest BCUT2D eigenvalue weighted by Gasteiger charge is -2.23. The summed E-state index contributed by atoms with van der Waals surface area (Å²) in [5.41, 5.74) is 1.81. The number of nitrogens with one attached hydrogen (secondary N) is 1. The van der Waals surface area contributed by atoms with Crippen molar-refractivity contribution in [2.45, 2.75) is 13.8 Å². The predicted octanol–water partition coefficient (Wildman–Crippen LogP) is 2.97. The summed E-state index contributed by atoms with van der Waals surface area (Å²) in [6.45, 7) is 6.56. The zero-order chi connectivity index (χ0) is 21.7. The predicted molar refractivity (Wildman–Crippen MR) is 111 cm³/mol. The van der Waals surface area contributed by atoms with Gasteiger partial charge in [0.2, 0.25) is 5.95 Å². The van der Waals surface area contributed by atoms with Crippen LogP contribution >= 0.6 is 0 Å². The Bertz CT molecular complexity index is 1130. The number of carbonyl (C=O) groups excluding carboxylic acids is 1. The molecule has 0 saturated carbocycles. The summed E-state index contributed by atoms with van der Waals surface area (Å²) in [4.78, 5) is 26.3. The molecule has 5 rings (SSSR count). The van der Waals surface area contributed by atoms with E-state index >= 15 is 0 Å². The lowest BCUT2D eigenvalue weighted by atomic mass is 10.0. The molecule has 1 aromatic carbocycles. The molecular formula is C22H22F2N6O. The summed E-state index contributed by atoms with van der Waals surface area (Å²) in [7, 11) is 0. The van der Waals surface area contributed by atoms with Gasteiger partial charge in [-0.15, -0.1) is 0 Å². The Labute approximate surface area is 178 Å². The first kappa shape index (κ1) is 19.6. The molecule has 0 aliphatic carbocycles. The number of likely N-dealkylation sites (tertiary alicyclic amines) is 1. The number of amides is 1. The van der Waals surface area contributed by atoms with E-state index in [1.54, 1.807) is 4.90 Å². The fourth-order valence-corrected chi connectivity index (χ4v) is 4.74. The van der Waals surface area contributed by atoms with Crippen LogP contribution in [-0.2, 0) is 0 Å². The topological polar surface area (TPSA) is 78.0 Å². The Morgan fingerprint density at radius 1 is 1.03 bits per heavy atom. The van der Waals surface area contributed by atoms with Gasteiger partial charge in [-0.25, -0.2) is 18.7 Å². The second kappa shape index (κ2) is 7.40. The molecule has 2 saturated heterocycles. The summed E-state index contributed by atoms with van der Waals surface area (Å²) in [6, 6.07) is 6.16. The normalized spacial score (nSPS) is 20.4. The van der Waals surface area contributed by atoms with Crippen LogP contribution in [0.15, 0.2) is 30.5 Å². The van der Waals surface area contributed by atoms with E-state index in [2.05, 4.69) is 25.1 Å². The molecule has 2 fully saturated rings. The molecule has 1 amide bonds. The minimum absolute atomic E-state index is 0.0789. The first-order chi connectivity index (χ1) is 14.9. The smallest absolute Gasteiger partial charge is 0.254 e. The van der Waals surface area contributed by atoms with Crippen LogP contribution in [0.2, 0.25) is 0 Å². The van der Waals surface area contributed by atoms with Crippen LogP contribution in [0, 0.1) is 37.3 Å². The molecule has 4 heterocycles. The third-order valence-corrected chi connectivity index (χ3v) is 6.11. The lowest BCUT2D eigenvalue weighted by molar-refractivity contribution is 0.0783. The summed E-state index contributed by atoms with van der Waals surface area (Å²) < 4.78 is 28.7. The fraction of sp³-hybridized carbons (Fsp3) is 0.364. The van der Waals surface area contributed by atoms with Crippen LogP contribution in [0.25, 0.3) is 11.3 Å². The first-order valence-electron chi connectivity index (χ1n) is 10.2. The van der Waals surface area contributed by atoms with Crippen molar-refractivity contribution in [2.75, 3.05) is 31.1 Å². The van der Waals surface area contributed by atoms with E-state index < -0.39 is 11.6 Å². The van der Waals surface area contributed by atoms with Gasteiger partial charge in [-0.2, -0.15) is 5.10 Å². The van der Waals surface area contributed by atoms with Crippen LogP contribution in [0.4, 0.5) is 14.7 Å². The van der Waals surface area contributed by atoms with E-state index in [-0.39, 0.29) is 34.6 Å². The molecule has 2 atom stereocenters. The highest BCUT2D eigenvalue weighted by Gasteiger charge is 2.43. The van der Waals surface area contributed by atoms with Crippen LogP contribution in [0.1, 0.15) is 21.7 Å². The van der Waals surface area contributed by atoms with Crippen molar-refractivity contribution in [3.63, 3.8) is 0 Å². The van der Waals surface area contributed by atoms with E-state index in [0.29, 0.717) is 13.1 Å². The van der Waals surface area contributed by atoms with Gasteiger partial charge >= 0.3 is 0 Å². The second-order valence-electron chi connectivity index (χ2n) is 8.34. The number of rotatable bonds is 3. The van der Waals surface area contributed by atoms with Gasteiger partial charge in [-0.05, 0) is 32.0 Å². The minimum atomic E-state index is -0.693. The van der Waals surface area contributed by atoms with Gasteiger partial charge in [0.1, 0.15) is 11.5 Å². The number of halogens is 2. The Balaban J connectivity index is 1.35. The maximum Gasteiger partial charge on any atom is 0.254 e. The van der Waals surface area contributed by atoms with E-state index in [1.807, 2.05) is 19.9 Å². The van der Waals surface area contributed by atoms with E-state index in [1.165, 1.54) is 18.2 Å². The maximum absolute atomic E-state index is 14.6. The number of nitrogens with zero attached hydrogens (tertiary/aromatic N) is 5. The number of carbonyl (C=O) groups is 1. The number of aromatic nitrogens is 4. The average molecular weight is 424 g/mol. The molecule has 2 unspecified atom stereocenters. The summed E-state index contributed by atoms with van der Waals surface area (Å²) in [5, 5.41) is 6.09. The highest BCUT2D eigenvalue weighted by molar-refractivity contribution is 6.00. The molecule has 2 aromatic heterocycles. The number of hydrogen-bond acceptors (Lipinski definition) is 5. The van der Waals surface area contributed by atoms with E-state index in [0.717, 1.165) is 36.6 Å². The molecule has 1 N–H and O–H groups in total. The molecule has 160 valence electrons. The van der Waals surface area contributed by atoms with Crippen LogP contribution in [0.3, 0.4) is 0 Å². The van der Waals surface area contributed by atoms with Crippen molar-refractivity contribution in [1.29, 1.82) is 0 Å². The number of anilines is 1. The Hall–Kier alpha value is -3.36. The maximum atomic E-state index is 14.6. The Morgan fingerprint density at radius 3 is 2.32 bits per heavy atom. The summed E-state index contributed by atoms with van der Waals surface area (Å²) in [6.07, 6.45) is 0.972. The van der Waals surface area contributed by atoms with Crippen molar-refractivity contribution in [3.05, 3.63) is 59.0 Å². The Morgan fingerprint density at radius 2 is 1.71 bits per heavy atom. The van der Waals surface area contributed by atoms with Crippen LogP contribution in [0.5, 0.6) is 0 Å². The number of fused-ring (bicyclic) bond motifs is 1. The molecule has 0 spiro atoms. The molecule has 9 heteroatoms. The van der Waals surface area contributed by atoms with E-state index in [9.17, 15) is 13.6 Å². The minimum Gasteiger partial charge on any atom is -0.340 e. The molecule has 0 bridgehead atoms. The van der Waals surface area contributed by atoms with Gasteiger partial charge in [-0.3, -0.25) is 9.89 Å². The molecule has 31 heavy (non-hydrogen) atoms. The molecule has 3 aromatic rings. The third-order valence-electron chi connectivity index (χ3n) is 6.11. The van der Waals surface area contributed by atoms with Gasteiger partial charge in [0, 0.05) is 49.4 Å². The number of aryl methyl sites for hydroxylation is 2. The quantitative estimate of drug-likeness (QED) is 0.700. The summed E-state index contributed by atoms with van der Waals surface area (Å²) >= 11 is 0. The zero-order valence-electron chi connectivity index (χ0n) is 17.3. The van der Waals surface area contributed by atoms with Crippen LogP contribution in [-0.4, -0.2) is 57.2 Å². The van der Waals surface area contributed by atoms with Crippen molar-refractivity contribution in [3.8, 4) is 11.3 Å². The lowest BCUT2D eigenvalue weighted by Crippen LogP contribution is -2.34. The van der Waals surface area contributed by atoms with Gasteiger partial charge in [0.25, 0.3) is 5.91 Å². The number of aromatic amines is 1. The van der Waals surface area contributed by atoms with Gasteiger partial charge in [-0.1, -0.05) is 6.07 Å². The first-order valence-corrected chi connectivity index (χ1v) is 10.2. The van der Waals surface area contributed by atoms with Gasteiger partial charge < -0.3 is 9.80 Å². The largest absolute Gasteiger partial charge is 0.340 e. The molecule has 2 aliphatic heterocycles. The number of benzene rings is 1. The SMILES string of the molecule is Cc1cc(C)nc(N2CC3CN(C(=O)c4cccc(F)c4-c4[nH]ncc4F)CC3C2)n1. The second-order valence-corrected chi connectivity index (χ2v) is 8.34. The molecule has 0 radical (unpaired) electrons. The molecule has 2 aliphatic rings. The zero-order valence-corrected chi connectivity index (χ0v) is 17.3. The van der Waals surface area contributed by atoms with Gasteiger partial charge in [0.15, 0.2) is 5.82 Å². The van der Waals surface area contributed by atoms with Crippen molar-refractivity contribution in [2.24, 2.45) is 11.8 Å². The monoisotopic (exact) mass is 424 g/mol. The Kier molecular flexibility index (Phi) is 4.68. The average Bonchev–Trinajstić information content (AvgIpc) is 3.41. The van der Waals surface area contributed by atoms with Crippen molar-refractivity contribution in [1.82, 2.24) is 25.1 Å². The number of H-pyrrole nitrogens is 1. The highest BCUT2D eigenvalue weighted by atomic mass is 19.1. The standard InChI is InChI=1S/C22H22F2N6O/c1-12-6-13(2)27-22(26-12)30-10-14-8-29(9-15(14)11-30)21(31)16-4-3-5-17(23)19(16)20-18(24)7-25-28-20/h3-7,14-15H,8-11H2,1-2H3,(H,25,28).